The predicted molar refractivity (Wildman–Crippen MR) is 78.7 cm³/mol. The van der Waals surface area contributed by atoms with Crippen molar-refractivity contribution in [1.29, 1.82) is 0 Å². The first-order chi connectivity index (χ1) is 9.56. The first-order valence-corrected chi connectivity index (χ1v) is 7.09. The lowest BCUT2D eigenvalue weighted by Crippen LogP contribution is -2.16. The van der Waals surface area contributed by atoms with E-state index in [0.29, 0.717) is 51.3 Å². The average molecular weight is 358 g/mol. The Balaban J connectivity index is 2.16. The molecule has 7 heteroatoms. The van der Waals surface area contributed by atoms with E-state index < -0.39 is 0 Å². The number of H-pyrrole nitrogens is 1. The van der Waals surface area contributed by atoms with Crippen LogP contribution < -0.4 is 15.0 Å². The van der Waals surface area contributed by atoms with Crippen LogP contribution in [0.5, 0.6) is 11.5 Å². The van der Waals surface area contributed by atoms with Crippen molar-refractivity contribution in [3.05, 3.63) is 37.7 Å². The number of halogens is 2. The van der Waals surface area contributed by atoms with Gasteiger partial charge in [-0.15, -0.1) is 0 Å². The van der Waals surface area contributed by atoms with Gasteiger partial charge in [0.25, 0.3) is 5.56 Å². The summed E-state index contributed by atoms with van der Waals surface area (Å²) >= 11 is 9.36. The lowest BCUT2D eigenvalue weighted by atomic mass is 10.1. The summed E-state index contributed by atoms with van der Waals surface area (Å²) in [5.74, 6) is 1.52. The fourth-order valence-corrected chi connectivity index (χ4v) is 2.41. The third kappa shape index (κ3) is 2.29. The highest BCUT2D eigenvalue weighted by atomic mass is 79.9. The van der Waals surface area contributed by atoms with E-state index in [2.05, 4.69) is 25.9 Å². The Hall–Kier alpha value is -1.53. The normalized spacial score (nSPS) is 13.3. The molecule has 1 aliphatic heterocycles. The molecule has 3 rings (SSSR count). The summed E-state index contributed by atoms with van der Waals surface area (Å²) in [5.41, 5.74) is 1.04. The minimum atomic E-state index is -0.237. The van der Waals surface area contributed by atoms with Gasteiger partial charge in [0.2, 0.25) is 0 Å². The molecule has 0 atom stereocenters. The van der Waals surface area contributed by atoms with Crippen LogP contribution in [0.1, 0.15) is 5.69 Å². The van der Waals surface area contributed by atoms with Crippen LogP contribution in [0, 0.1) is 6.92 Å². The second-order valence-electron chi connectivity index (χ2n) is 4.30. The number of aryl methyl sites for hydroxylation is 1. The second-order valence-corrected chi connectivity index (χ2v) is 5.50. The highest BCUT2D eigenvalue weighted by Crippen LogP contribution is 2.40. The number of nitrogens with zero attached hydrogens (tertiary/aromatic N) is 1. The van der Waals surface area contributed by atoms with Crippen LogP contribution in [0.4, 0.5) is 0 Å². The van der Waals surface area contributed by atoms with Gasteiger partial charge in [-0.2, -0.15) is 0 Å². The van der Waals surface area contributed by atoms with E-state index in [1.165, 1.54) is 0 Å². The fraction of sp³-hybridized carbons (Fsp3) is 0.231. The number of fused-ring (bicyclic) bond motifs is 1. The summed E-state index contributed by atoms with van der Waals surface area (Å²) in [6.45, 7) is 2.69. The lowest BCUT2D eigenvalue weighted by molar-refractivity contribution is 0.172. The van der Waals surface area contributed by atoms with Gasteiger partial charge in [-0.3, -0.25) is 4.79 Å². The van der Waals surface area contributed by atoms with E-state index in [1.807, 2.05) is 0 Å². The van der Waals surface area contributed by atoms with Crippen molar-refractivity contribution in [2.45, 2.75) is 6.92 Å². The Labute approximate surface area is 128 Å². The fourth-order valence-electron chi connectivity index (χ4n) is 1.96. The van der Waals surface area contributed by atoms with Crippen LogP contribution in [-0.4, -0.2) is 23.2 Å². The molecule has 0 amide bonds. The molecule has 0 unspecified atom stereocenters. The number of hydrogen-bond donors (Lipinski definition) is 1. The molecular formula is C13H10BrClN2O3. The molecule has 5 nitrogen and oxygen atoms in total. The van der Waals surface area contributed by atoms with E-state index in [9.17, 15) is 4.79 Å². The highest BCUT2D eigenvalue weighted by molar-refractivity contribution is 9.10. The van der Waals surface area contributed by atoms with Crippen molar-refractivity contribution in [2.24, 2.45) is 0 Å². The van der Waals surface area contributed by atoms with E-state index in [4.69, 9.17) is 21.1 Å². The smallest absolute Gasteiger partial charge is 0.265 e. The first kappa shape index (κ1) is 13.5. The maximum Gasteiger partial charge on any atom is 0.265 e. The number of aromatic amines is 1. The van der Waals surface area contributed by atoms with Crippen molar-refractivity contribution in [3.8, 4) is 22.9 Å². The Kier molecular flexibility index (Phi) is 3.43. The topological polar surface area (TPSA) is 64.2 Å². The van der Waals surface area contributed by atoms with E-state index >= 15 is 0 Å². The molecule has 2 heterocycles. The monoisotopic (exact) mass is 356 g/mol. The molecule has 0 spiro atoms. The maximum absolute atomic E-state index is 11.8. The first-order valence-electron chi connectivity index (χ1n) is 5.92. The average Bonchev–Trinajstić information content (AvgIpc) is 2.44. The van der Waals surface area contributed by atoms with Gasteiger partial charge in [0, 0.05) is 5.56 Å². The summed E-state index contributed by atoms with van der Waals surface area (Å²) < 4.78 is 11.4. The highest BCUT2D eigenvalue weighted by Gasteiger charge is 2.18. The quantitative estimate of drug-likeness (QED) is 0.852. The third-order valence-electron chi connectivity index (χ3n) is 2.90. The Bertz CT molecular complexity index is 745. The number of hydrogen-bond acceptors (Lipinski definition) is 4. The third-order valence-corrected chi connectivity index (χ3v) is 4.11. The molecule has 0 radical (unpaired) electrons. The van der Waals surface area contributed by atoms with Gasteiger partial charge in [0.1, 0.15) is 23.5 Å². The van der Waals surface area contributed by atoms with E-state index in [-0.39, 0.29) is 5.56 Å². The van der Waals surface area contributed by atoms with Crippen LogP contribution in [0.25, 0.3) is 11.4 Å². The van der Waals surface area contributed by atoms with Gasteiger partial charge in [0.15, 0.2) is 11.5 Å². The Morgan fingerprint density at radius 1 is 1.35 bits per heavy atom. The van der Waals surface area contributed by atoms with Crippen molar-refractivity contribution < 1.29 is 9.47 Å². The molecule has 1 N–H and O–H groups in total. The number of rotatable bonds is 1. The molecule has 2 aromatic rings. The van der Waals surface area contributed by atoms with Crippen LogP contribution in [0.3, 0.4) is 0 Å². The van der Waals surface area contributed by atoms with Gasteiger partial charge in [-0.1, -0.05) is 11.6 Å². The van der Waals surface area contributed by atoms with Crippen molar-refractivity contribution >= 4 is 27.5 Å². The number of ether oxygens (including phenoxy) is 2. The molecular weight excluding hydrogens is 348 g/mol. The standard InChI is InChI=1S/C13H10BrClN2O3/c1-6-10(14)13(18)17-12(16-6)7-4-8(15)11-9(5-7)19-2-3-20-11/h4-5H,2-3H2,1H3,(H,16,17,18). The van der Waals surface area contributed by atoms with Crippen molar-refractivity contribution in [3.63, 3.8) is 0 Å². The number of nitrogens with one attached hydrogen (secondary N) is 1. The SMILES string of the molecule is Cc1nc(-c2cc(Cl)c3c(c2)OCCO3)[nH]c(=O)c1Br. The zero-order chi connectivity index (χ0) is 14.3. The van der Waals surface area contributed by atoms with Crippen LogP contribution >= 0.6 is 27.5 Å². The molecule has 0 saturated carbocycles. The van der Waals surface area contributed by atoms with E-state index in [1.54, 1.807) is 19.1 Å². The van der Waals surface area contributed by atoms with Crippen LogP contribution in [-0.2, 0) is 0 Å². The predicted octanol–water partition coefficient (Wildman–Crippen LogP) is 2.93. The summed E-state index contributed by atoms with van der Waals surface area (Å²) in [6.07, 6.45) is 0. The molecule has 1 aromatic carbocycles. The van der Waals surface area contributed by atoms with Crippen molar-refractivity contribution in [1.82, 2.24) is 9.97 Å². The second kappa shape index (κ2) is 5.10. The summed E-state index contributed by atoms with van der Waals surface area (Å²) in [4.78, 5) is 18.8. The van der Waals surface area contributed by atoms with E-state index in [0.717, 1.165) is 0 Å². The number of aromatic nitrogens is 2. The van der Waals surface area contributed by atoms with Gasteiger partial charge in [0.05, 0.1) is 10.7 Å². The minimum absolute atomic E-state index is 0.237. The largest absolute Gasteiger partial charge is 0.486 e. The van der Waals surface area contributed by atoms with Gasteiger partial charge < -0.3 is 14.5 Å². The summed E-state index contributed by atoms with van der Waals surface area (Å²) in [7, 11) is 0. The molecule has 1 aromatic heterocycles. The summed E-state index contributed by atoms with van der Waals surface area (Å²) in [6, 6.07) is 3.45. The van der Waals surface area contributed by atoms with Crippen molar-refractivity contribution in [2.75, 3.05) is 13.2 Å². The van der Waals surface area contributed by atoms with Gasteiger partial charge in [-0.05, 0) is 35.0 Å². The van der Waals surface area contributed by atoms with Gasteiger partial charge >= 0.3 is 0 Å². The number of benzene rings is 1. The molecule has 1 aliphatic rings. The summed E-state index contributed by atoms with van der Waals surface area (Å²) in [5, 5.41) is 0.431. The molecule has 0 aliphatic carbocycles. The molecule has 0 saturated heterocycles. The Morgan fingerprint density at radius 3 is 2.85 bits per heavy atom. The zero-order valence-corrected chi connectivity index (χ0v) is 12.8. The van der Waals surface area contributed by atoms with Crippen LogP contribution in [0.2, 0.25) is 5.02 Å². The zero-order valence-electron chi connectivity index (χ0n) is 10.5. The van der Waals surface area contributed by atoms with Gasteiger partial charge in [-0.25, -0.2) is 4.98 Å². The molecule has 0 bridgehead atoms. The maximum atomic E-state index is 11.8. The lowest BCUT2D eigenvalue weighted by Gasteiger charge is -2.20. The van der Waals surface area contributed by atoms with Crippen LogP contribution in [0.15, 0.2) is 21.4 Å². The Morgan fingerprint density at radius 2 is 2.10 bits per heavy atom. The molecule has 20 heavy (non-hydrogen) atoms. The minimum Gasteiger partial charge on any atom is -0.486 e. The molecule has 0 fully saturated rings. The molecule has 104 valence electrons.